The maximum atomic E-state index is 8.97. The van der Waals surface area contributed by atoms with Gasteiger partial charge in [-0.25, -0.2) is 4.98 Å². The molecule has 1 heterocycles. The Kier molecular flexibility index (Phi) is 3.78. The van der Waals surface area contributed by atoms with Crippen LogP contribution in [0.2, 0.25) is 0 Å². The number of hydrogen-bond donors (Lipinski definition) is 1. The number of hydrogen-bond acceptors (Lipinski definition) is 3. The lowest BCUT2D eigenvalue weighted by molar-refractivity contribution is 0.727. The van der Waals surface area contributed by atoms with E-state index in [1.807, 2.05) is 22.9 Å². The summed E-state index contributed by atoms with van der Waals surface area (Å²) in [7, 11) is 0. The summed E-state index contributed by atoms with van der Waals surface area (Å²) in [5, 5.41) is 12.2. The molecule has 0 bridgehead atoms. The van der Waals surface area contributed by atoms with Gasteiger partial charge in [-0.1, -0.05) is 15.9 Å². The monoisotopic (exact) mass is 290 g/mol. The third kappa shape index (κ3) is 3.08. The Bertz CT molecular complexity index is 528. The largest absolute Gasteiger partial charge is 0.382 e. The number of nitrogens with one attached hydrogen (secondary N) is 1. The van der Waals surface area contributed by atoms with Crippen LogP contribution in [0.4, 0.5) is 5.69 Å². The van der Waals surface area contributed by atoms with Gasteiger partial charge in [0.2, 0.25) is 0 Å². The molecular weight excluding hydrogens is 280 g/mol. The predicted molar refractivity (Wildman–Crippen MR) is 69.6 cm³/mol. The SMILES string of the molecule is N#Cc1ccc(Br)cc1NCCn1ccnc1. The van der Waals surface area contributed by atoms with Crippen molar-refractivity contribution in [1.82, 2.24) is 9.55 Å². The summed E-state index contributed by atoms with van der Waals surface area (Å²) in [5.41, 5.74) is 1.50. The van der Waals surface area contributed by atoms with Gasteiger partial charge in [0.05, 0.1) is 17.6 Å². The molecule has 2 rings (SSSR count). The Labute approximate surface area is 108 Å². The normalized spacial score (nSPS) is 9.88. The van der Waals surface area contributed by atoms with E-state index in [0.29, 0.717) is 5.56 Å². The molecule has 0 saturated carbocycles. The van der Waals surface area contributed by atoms with E-state index in [1.165, 1.54) is 0 Å². The van der Waals surface area contributed by atoms with E-state index in [1.54, 1.807) is 18.6 Å². The highest BCUT2D eigenvalue weighted by Gasteiger charge is 2.01. The number of nitrogens with zero attached hydrogens (tertiary/aromatic N) is 3. The molecule has 0 atom stereocenters. The molecule has 0 unspecified atom stereocenters. The number of anilines is 1. The second-order valence-electron chi connectivity index (χ2n) is 3.53. The lowest BCUT2D eigenvalue weighted by Gasteiger charge is -2.09. The molecule has 0 fully saturated rings. The van der Waals surface area contributed by atoms with E-state index < -0.39 is 0 Å². The first-order valence-electron chi connectivity index (χ1n) is 5.19. The number of benzene rings is 1. The minimum absolute atomic E-state index is 0.652. The Morgan fingerprint density at radius 1 is 1.47 bits per heavy atom. The topological polar surface area (TPSA) is 53.6 Å². The number of halogens is 1. The molecule has 1 aromatic heterocycles. The molecule has 0 saturated heterocycles. The molecule has 0 aliphatic carbocycles. The third-order valence-corrected chi connectivity index (χ3v) is 2.84. The fourth-order valence-electron chi connectivity index (χ4n) is 1.50. The molecule has 0 aliphatic heterocycles. The van der Waals surface area contributed by atoms with Crippen molar-refractivity contribution in [2.75, 3.05) is 11.9 Å². The van der Waals surface area contributed by atoms with Crippen LogP contribution in [0.1, 0.15) is 5.56 Å². The average molecular weight is 291 g/mol. The second-order valence-corrected chi connectivity index (χ2v) is 4.44. The Hall–Kier alpha value is -1.80. The molecule has 0 spiro atoms. The maximum Gasteiger partial charge on any atom is 0.101 e. The van der Waals surface area contributed by atoms with Gasteiger partial charge < -0.3 is 9.88 Å². The number of rotatable bonds is 4. The highest BCUT2D eigenvalue weighted by atomic mass is 79.9. The first-order valence-corrected chi connectivity index (χ1v) is 5.98. The van der Waals surface area contributed by atoms with Crippen molar-refractivity contribution in [3.8, 4) is 6.07 Å². The maximum absolute atomic E-state index is 8.97. The molecule has 17 heavy (non-hydrogen) atoms. The molecule has 1 aromatic carbocycles. The summed E-state index contributed by atoms with van der Waals surface area (Å²) in [5.74, 6) is 0. The molecule has 0 aliphatic rings. The third-order valence-electron chi connectivity index (χ3n) is 2.35. The van der Waals surface area contributed by atoms with E-state index in [2.05, 4.69) is 32.3 Å². The van der Waals surface area contributed by atoms with Crippen molar-refractivity contribution in [2.45, 2.75) is 6.54 Å². The van der Waals surface area contributed by atoms with Gasteiger partial charge in [0, 0.05) is 30.0 Å². The first-order chi connectivity index (χ1) is 8.29. The van der Waals surface area contributed by atoms with Crippen molar-refractivity contribution in [3.05, 3.63) is 47.0 Å². The summed E-state index contributed by atoms with van der Waals surface area (Å²) >= 11 is 3.39. The van der Waals surface area contributed by atoms with Gasteiger partial charge in [-0.05, 0) is 18.2 Å². The predicted octanol–water partition coefficient (Wildman–Crippen LogP) is 2.63. The summed E-state index contributed by atoms with van der Waals surface area (Å²) < 4.78 is 2.94. The van der Waals surface area contributed by atoms with Crippen LogP contribution in [0.15, 0.2) is 41.4 Å². The number of nitriles is 1. The van der Waals surface area contributed by atoms with Gasteiger partial charge in [0.1, 0.15) is 6.07 Å². The fourth-order valence-corrected chi connectivity index (χ4v) is 1.86. The lowest BCUT2D eigenvalue weighted by atomic mass is 10.2. The molecule has 86 valence electrons. The summed E-state index contributed by atoms with van der Waals surface area (Å²) in [6.45, 7) is 1.57. The fraction of sp³-hybridized carbons (Fsp3) is 0.167. The number of aromatic nitrogens is 2. The van der Waals surface area contributed by atoms with E-state index >= 15 is 0 Å². The molecule has 1 N–H and O–H groups in total. The zero-order valence-corrected chi connectivity index (χ0v) is 10.7. The molecule has 4 nitrogen and oxygen atoms in total. The van der Waals surface area contributed by atoms with Crippen molar-refractivity contribution < 1.29 is 0 Å². The minimum Gasteiger partial charge on any atom is -0.382 e. The van der Waals surface area contributed by atoms with Crippen LogP contribution in [0, 0.1) is 11.3 Å². The van der Waals surface area contributed by atoms with Crippen molar-refractivity contribution in [2.24, 2.45) is 0 Å². The quantitative estimate of drug-likeness (QED) is 0.942. The zero-order valence-electron chi connectivity index (χ0n) is 9.10. The summed E-state index contributed by atoms with van der Waals surface area (Å²) in [4.78, 5) is 3.97. The second kappa shape index (κ2) is 5.51. The van der Waals surface area contributed by atoms with Crippen LogP contribution >= 0.6 is 15.9 Å². The molecule has 2 aromatic rings. The zero-order chi connectivity index (χ0) is 12.1. The van der Waals surface area contributed by atoms with Crippen LogP contribution in [0.5, 0.6) is 0 Å². The van der Waals surface area contributed by atoms with Crippen LogP contribution in [0.3, 0.4) is 0 Å². The highest BCUT2D eigenvalue weighted by molar-refractivity contribution is 9.10. The Morgan fingerprint density at radius 3 is 3.06 bits per heavy atom. The van der Waals surface area contributed by atoms with Crippen molar-refractivity contribution >= 4 is 21.6 Å². The van der Waals surface area contributed by atoms with E-state index in [0.717, 1.165) is 23.2 Å². The van der Waals surface area contributed by atoms with Gasteiger partial charge in [0.15, 0.2) is 0 Å². The first kappa shape index (κ1) is 11.7. The van der Waals surface area contributed by atoms with E-state index in [4.69, 9.17) is 5.26 Å². The molecular formula is C12H11BrN4. The van der Waals surface area contributed by atoms with Crippen LogP contribution in [0.25, 0.3) is 0 Å². The summed E-state index contributed by atoms with van der Waals surface area (Å²) in [6.07, 6.45) is 5.43. The van der Waals surface area contributed by atoms with Crippen LogP contribution < -0.4 is 5.32 Å². The van der Waals surface area contributed by atoms with Gasteiger partial charge in [-0.15, -0.1) is 0 Å². The average Bonchev–Trinajstić information content (AvgIpc) is 2.82. The van der Waals surface area contributed by atoms with Gasteiger partial charge in [0.25, 0.3) is 0 Å². The van der Waals surface area contributed by atoms with Crippen molar-refractivity contribution in [3.63, 3.8) is 0 Å². The smallest absolute Gasteiger partial charge is 0.101 e. The molecule has 0 amide bonds. The minimum atomic E-state index is 0.652. The highest BCUT2D eigenvalue weighted by Crippen LogP contribution is 2.20. The van der Waals surface area contributed by atoms with Crippen LogP contribution in [-0.4, -0.2) is 16.1 Å². The Morgan fingerprint density at radius 2 is 2.35 bits per heavy atom. The Balaban J connectivity index is 1.99. The van der Waals surface area contributed by atoms with Crippen LogP contribution in [-0.2, 0) is 6.54 Å². The standard InChI is InChI=1S/C12H11BrN4/c13-11-2-1-10(8-14)12(7-11)16-4-6-17-5-3-15-9-17/h1-3,5,7,9,16H,4,6H2. The number of imidazole rings is 1. The van der Waals surface area contributed by atoms with E-state index in [-0.39, 0.29) is 0 Å². The van der Waals surface area contributed by atoms with Crippen molar-refractivity contribution in [1.29, 1.82) is 5.26 Å². The van der Waals surface area contributed by atoms with Gasteiger partial charge >= 0.3 is 0 Å². The molecule has 5 heteroatoms. The van der Waals surface area contributed by atoms with Gasteiger partial charge in [-0.2, -0.15) is 5.26 Å². The van der Waals surface area contributed by atoms with Gasteiger partial charge in [-0.3, -0.25) is 0 Å². The van der Waals surface area contributed by atoms with E-state index in [9.17, 15) is 0 Å². The molecule has 0 radical (unpaired) electrons. The summed E-state index contributed by atoms with van der Waals surface area (Å²) in [6, 6.07) is 7.73. The lowest BCUT2D eigenvalue weighted by Crippen LogP contribution is -2.10.